The van der Waals surface area contributed by atoms with Crippen LogP contribution in [0.3, 0.4) is 0 Å². The standard InChI is InChI=1S/C24H29N3O3.C4H4O4/c1-17-6-5-9-22(18(17)2)30-16-19(28)15-27-12-10-24(29,11-13-27)23-14-25-20-7-3-4-8-21(20)26-23;5-3(6)1-2-4(7)8/h3-9,14,19,28-29H,10-13,15-16H2,1-2H3;1-2H,(H,5,6)(H,7,8)/b;2-1+/t19-;/m1./s1. The molecule has 0 amide bonds. The highest BCUT2D eigenvalue weighted by molar-refractivity contribution is 5.89. The molecule has 1 saturated heterocycles. The van der Waals surface area contributed by atoms with Gasteiger partial charge in [-0.25, -0.2) is 14.6 Å². The molecule has 0 spiro atoms. The van der Waals surface area contributed by atoms with Crippen molar-refractivity contribution >= 4 is 23.0 Å². The van der Waals surface area contributed by atoms with E-state index >= 15 is 0 Å². The number of aliphatic hydroxyl groups is 2. The Labute approximate surface area is 220 Å². The number of para-hydroxylation sites is 2. The summed E-state index contributed by atoms with van der Waals surface area (Å²) in [6.07, 6.45) is 3.33. The fourth-order valence-corrected chi connectivity index (χ4v) is 4.10. The van der Waals surface area contributed by atoms with Crippen molar-refractivity contribution in [3.05, 3.63) is 77.6 Å². The van der Waals surface area contributed by atoms with Crippen molar-refractivity contribution in [1.82, 2.24) is 14.9 Å². The first-order valence-corrected chi connectivity index (χ1v) is 12.3. The van der Waals surface area contributed by atoms with E-state index in [1.54, 1.807) is 6.20 Å². The molecule has 10 nitrogen and oxygen atoms in total. The van der Waals surface area contributed by atoms with Gasteiger partial charge >= 0.3 is 11.9 Å². The summed E-state index contributed by atoms with van der Waals surface area (Å²) < 4.78 is 5.83. The van der Waals surface area contributed by atoms with Crippen molar-refractivity contribution in [2.75, 3.05) is 26.2 Å². The SMILES string of the molecule is Cc1cccc(OC[C@H](O)CN2CCC(O)(c3cnc4ccccc4n3)CC2)c1C.O=C(O)/C=C/C(=O)O. The van der Waals surface area contributed by atoms with Crippen LogP contribution >= 0.6 is 0 Å². The Morgan fingerprint density at radius 2 is 1.66 bits per heavy atom. The van der Waals surface area contributed by atoms with Gasteiger partial charge in [0.1, 0.15) is 24.1 Å². The summed E-state index contributed by atoms with van der Waals surface area (Å²) >= 11 is 0. The molecule has 10 heteroatoms. The van der Waals surface area contributed by atoms with Crippen LogP contribution in [-0.2, 0) is 15.2 Å². The van der Waals surface area contributed by atoms with Crippen LogP contribution in [-0.4, -0.2) is 79.6 Å². The number of carboxylic acids is 2. The van der Waals surface area contributed by atoms with Crippen LogP contribution in [0, 0.1) is 13.8 Å². The lowest BCUT2D eigenvalue weighted by atomic mass is 9.88. The van der Waals surface area contributed by atoms with Gasteiger partial charge < -0.3 is 30.1 Å². The summed E-state index contributed by atoms with van der Waals surface area (Å²) in [5.74, 6) is -1.70. The Hall–Kier alpha value is -3.86. The average molecular weight is 524 g/mol. The zero-order valence-corrected chi connectivity index (χ0v) is 21.4. The Morgan fingerprint density at radius 1 is 1.03 bits per heavy atom. The third-order valence-corrected chi connectivity index (χ3v) is 6.43. The number of ether oxygens (including phenoxy) is 1. The molecule has 2 heterocycles. The maximum absolute atomic E-state index is 11.1. The van der Waals surface area contributed by atoms with Crippen molar-refractivity contribution in [3.8, 4) is 5.75 Å². The number of aliphatic hydroxyl groups excluding tert-OH is 1. The predicted molar refractivity (Wildman–Crippen MR) is 141 cm³/mol. The molecule has 1 aliphatic rings. The van der Waals surface area contributed by atoms with Gasteiger partial charge in [0.25, 0.3) is 0 Å². The van der Waals surface area contributed by atoms with E-state index in [4.69, 9.17) is 14.9 Å². The molecule has 3 aromatic rings. The fraction of sp³-hybridized carbons (Fsp3) is 0.357. The van der Waals surface area contributed by atoms with Gasteiger partial charge in [0.15, 0.2) is 0 Å². The first-order chi connectivity index (χ1) is 18.1. The van der Waals surface area contributed by atoms with Crippen molar-refractivity contribution in [3.63, 3.8) is 0 Å². The minimum absolute atomic E-state index is 0.251. The number of hydrogen-bond acceptors (Lipinski definition) is 8. The lowest BCUT2D eigenvalue weighted by Crippen LogP contribution is -2.46. The third-order valence-electron chi connectivity index (χ3n) is 6.43. The molecule has 0 bridgehead atoms. The quantitative estimate of drug-likeness (QED) is 0.324. The summed E-state index contributed by atoms with van der Waals surface area (Å²) in [6, 6.07) is 13.6. The van der Waals surface area contributed by atoms with Crippen LogP contribution in [0.5, 0.6) is 5.75 Å². The number of rotatable bonds is 8. The van der Waals surface area contributed by atoms with Gasteiger partial charge in [-0.05, 0) is 56.0 Å². The van der Waals surface area contributed by atoms with Crippen molar-refractivity contribution < 1.29 is 34.8 Å². The van der Waals surface area contributed by atoms with Gasteiger partial charge in [-0.15, -0.1) is 0 Å². The minimum Gasteiger partial charge on any atom is -0.491 e. The zero-order chi connectivity index (χ0) is 27.7. The topological polar surface area (TPSA) is 153 Å². The van der Waals surface area contributed by atoms with Crippen LogP contribution in [0.2, 0.25) is 0 Å². The number of likely N-dealkylation sites (tertiary alicyclic amines) is 1. The Balaban J connectivity index is 0.000000436. The van der Waals surface area contributed by atoms with Gasteiger partial charge in [-0.1, -0.05) is 24.3 Å². The smallest absolute Gasteiger partial charge is 0.328 e. The molecule has 2 aromatic carbocycles. The zero-order valence-electron chi connectivity index (χ0n) is 21.4. The molecule has 0 saturated carbocycles. The van der Waals surface area contributed by atoms with Crippen LogP contribution in [0.1, 0.15) is 29.7 Å². The number of hydrogen-bond donors (Lipinski definition) is 4. The highest BCUT2D eigenvalue weighted by Crippen LogP contribution is 2.32. The van der Waals surface area contributed by atoms with E-state index < -0.39 is 23.6 Å². The van der Waals surface area contributed by atoms with E-state index in [1.807, 2.05) is 56.3 Å². The van der Waals surface area contributed by atoms with Gasteiger partial charge in [-0.2, -0.15) is 0 Å². The second-order valence-electron chi connectivity index (χ2n) is 9.25. The summed E-state index contributed by atoms with van der Waals surface area (Å²) in [6.45, 7) is 6.22. The number of carboxylic acid groups (broad SMARTS) is 2. The van der Waals surface area contributed by atoms with E-state index in [-0.39, 0.29) is 6.61 Å². The van der Waals surface area contributed by atoms with Crippen LogP contribution < -0.4 is 4.74 Å². The number of nitrogens with zero attached hydrogens (tertiary/aromatic N) is 3. The largest absolute Gasteiger partial charge is 0.491 e. The summed E-state index contributed by atoms with van der Waals surface area (Å²) in [5, 5.41) is 37.2. The van der Waals surface area contributed by atoms with Crippen LogP contribution in [0.4, 0.5) is 0 Å². The number of fused-ring (bicyclic) bond motifs is 1. The monoisotopic (exact) mass is 523 g/mol. The Bertz CT molecular complexity index is 1270. The minimum atomic E-state index is -1.26. The summed E-state index contributed by atoms with van der Waals surface area (Å²) in [5.41, 5.74) is 3.55. The molecule has 1 aliphatic heterocycles. The van der Waals surface area contributed by atoms with Crippen LogP contribution in [0.25, 0.3) is 11.0 Å². The van der Waals surface area contributed by atoms with Crippen molar-refractivity contribution in [2.45, 2.75) is 38.4 Å². The molecule has 4 N–H and O–H groups in total. The first-order valence-electron chi connectivity index (χ1n) is 12.3. The Morgan fingerprint density at radius 3 is 2.29 bits per heavy atom. The van der Waals surface area contributed by atoms with Gasteiger partial charge in [0.05, 0.1) is 22.9 Å². The molecule has 1 aromatic heterocycles. The van der Waals surface area contributed by atoms with E-state index in [0.717, 1.165) is 22.3 Å². The van der Waals surface area contributed by atoms with E-state index in [1.165, 1.54) is 5.56 Å². The number of aryl methyl sites for hydroxylation is 1. The van der Waals surface area contributed by atoms with Gasteiger partial charge in [0.2, 0.25) is 0 Å². The molecule has 1 atom stereocenters. The van der Waals surface area contributed by atoms with Crippen molar-refractivity contribution in [1.29, 1.82) is 0 Å². The second-order valence-corrected chi connectivity index (χ2v) is 9.25. The molecule has 4 rings (SSSR count). The fourth-order valence-electron chi connectivity index (χ4n) is 4.10. The molecule has 0 unspecified atom stereocenters. The number of benzene rings is 2. The molecule has 0 aliphatic carbocycles. The third kappa shape index (κ3) is 8.07. The predicted octanol–water partition coefficient (Wildman–Crippen LogP) is 2.68. The maximum atomic E-state index is 11.1. The number of aliphatic carboxylic acids is 2. The summed E-state index contributed by atoms with van der Waals surface area (Å²) in [4.78, 5) is 30.4. The molecule has 0 radical (unpaired) electrons. The van der Waals surface area contributed by atoms with Gasteiger partial charge in [-0.3, -0.25) is 4.98 Å². The first kappa shape index (κ1) is 28.7. The average Bonchev–Trinajstić information content (AvgIpc) is 2.90. The molecule has 202 valence electrons. The Kier molecular flexibility index (Phi) is 9.89. The van der Waals surface area contributed by atoms with E-state index in [9.17, 15) is 19.8 Å². The highest BCUT2D eigenvalue weighted by atomic mass is 16.5. The lowest BCUT2D eigenvalue weighted by molar-refractivity contribution is -0.134. The second kappa shape index (κ2) is 13.1. The molecular formula is C28H33N3O7. The van der Waals surface area contributed by atoms with Crippen molar-refractivity contribution in [2.24, 2.45) is 0 Å². The van der Waals surface area contributed by atoms with Crippen LogP contribution in [0.15, 0.2) is 60.8 Å². The van der Waals surface area contributed by atoms with E-state index in [0.29, 0.717) is 50.3 Å². The molecular weight excluding hydrogens is 490 g/mol. The maximum Gasteiger partial charge on any atom is 0.328 e. The highest BCUT2D eigenvalue weighted by Gasteiger charge is 2.36. The molecule has 38 heavy (non-hydrogen) atoms. The molecule has 1 fully saturated rings. The normalized spacial score (nSPS) is 16.0. The number of β-amino-alcohol motifs (C(OH)–C–C–N with tert-alkyl or cyclic N) is 1. The number of carbonyl (C=O) groups is 2. The van der Waals surface area contributed by atoms with E-state index in [2.05, 4.69) is 14.9 Å². The number of piperidine rings is 1. The van der Waals surface area contributed by atoms with Gasteiger partial charge in [0, 0.05) is 31.8 Å². The summed E-state index contributed by atoms with van der Waals surface area (Å²) in [7, 11) is 0. The number of aromatic nitrogens is 2. The lowest BCUT2D eigenvalue weighted by Gasteiger charge is -2.38.